The highest BCUT2D eigenvalue weighted by Crippen LogP contribution is 2.21. The van der Waals surface area contributed by atoms with Gasteiger partial charge in [-0.05, 0) is 46.0 Å². The number of nitrogens with zero attached hydrogens (tertiary/aromatic N) is 3. The minimum Gasteiger partial charge on any atom is -0.375 e. The van der Waals surface area contributed by atoms with Crippen molar-refractivity contribution in [1.82, 2.24) is 15.2 Å². The highest BCUT2D eigenvalue weighted by molar-refractivity contribution is 7.09. The van der Waals surface area contributed by atoms with Crippen LogP contribution in [0.25, 0.3) is 0 Å². The van der Waals surface area contributed by atoms with Gasteiger partial charge in [0.15, 0.2) is 5.96 Å². The number of guanidine groups is 1. The largest absolute Gasteiger partial charge is 0.375 e. The number of hydrogen-bond acceptors (Lipinski definition) is 4. The Balaban J connectivity index is 1.91. The van der Waals surface area contributed by atoms with E-state index in [1.165, 1.54) is 25.7 Å². The Morgan fingerprint density at radius 1 is 1.48 bits per heavy atom. The van der Waals surface area contributed by atoms with Gasteiger partial charge in [-0.15, -0.1) is 11.3 Å². The predicted octanol–water partition coefficient (Wildman–Crippen LogP) is 4.14. The van der Waals surface area contributed by atoms with Crippen LogP contribution < -0.4 is 5.32 Å². The van der Waals surface area contributed by atoms with Crippen molar-refractivity contribution in [1.29, 1.82) is 0 Å². The van der Waals surface area contributed by atoms with E-state index in [-0.39, 0.29) is 6.10 Å². The van der Waals surface area contributed by atoms with Crippen molar-refractivity contribution in [2.45, 2.75) is 58.6 Å². The number of allylic oxidation sites excluding steroid dienone is 1. The fourth-order valence-electron chi connectivity index (χ4n) is 2.91. The molecule has 1 heterocycles. The summed E-state index contributed by atoms with van der Waals surface area (Å²) in [6, 6.07) is 0. The molecule has 1 unspecified atom stereocenters. The van der Waals surface area contributed by atoms with Gasteiger partial charge in [0.25, 0.3) is 0 Å². The van der Waals surface area contributed by atoms with Crippen molar-refractivity contribution in [2.75, 3.05) is 27.2 Å². The average Bonchev–Trinajstić information content (AvgIpc) is 3.09. The van der Waals surface area contributed by atoms with Crippen molar-refractivity contribution in [3.8, 4) is 0 Å². The Morgan fingerprint density at radius 2 is 2.32 bits per heavy atom. The highest BCUT2D eigenvalue weighted by Gasteiger charge is 2.12. The summed E-state index contributed by atoms with van der Waals surface area (Å²) in [6.45, 7) is 6.60. The lowest BCUT2D eigenvalue weighted by atomic mass is 9.97. The van der Waals surface area contributed by atoms with Gasteiger partial charge in [-0.2, -0.15) is 0 Å². The number of methoxy groups -OCH3 is 1. The second kappa shape index (κ2) is 10.6. The summed E-state index contributed by atoms with van der Waals surface area (Å²) in [4.78, 5) is 11.6. The molecule has 1 aromatic rings. The molecule has 0 spiro atoms. The molecule has 0 aromatic carbocycles. The Morgan fingerprint density at radius 3 is 3.00 bits per heavy atom. The molecule has 1 aliphatic rings. The number of hydrogen-bond donors (Lipinski definition) is 1. The lowest BCUT2D eigenvalue weighted by molar-refractivity contribution is 0.119. The molecule has 5 nitrogen and oxygen atoms in total. The molecule has 1 N–H and O–H groups in total. The Bertz CT molecular complexity index is 582. The third kappa shape index (κ3) is 6.44. The standard InChI is InChI=1S/C19H32N4OS/c1-5-20-19(21-12-11-16-9-7-6-8-10-16)23(3)13-17-14-25-18(22-17)15(2)24-4/h9,14-15H,5-8,10-13H2,1-4H3,(H,20,21). The molecule has 0 bridgehead atoms. The Labute approximate surface area is 156 Å². The van der Waals surface area contributed by atoms with Crippen molar-refractivity contribution in [2.24, 2.45) is 4.99 Å². The molecule has 1 aromatic heterocycles. The topological polar surface area (TPSA) is 49.8 Å². The lowest BCUT2D eigenvalue weighted by Gasteiger charge is -2.21. The summed E-state index contributed by atoms with van der Waals surface area (Å²) >= 11 is 1.66. The molecule has 0 radical (unpaired) electrons. The first kappa shape index (κ1) is 19.9. The molecule has 0 fully saturated rings. The molecule has 1 aliphatic carbocycles. The zero-order chi connectivity index (χ0) is 18.1. The zero-order valence-corrected chi connectivity index (χ0v) is 16.9. The molecule has 2 rings (SSSR count). The van der Waals surface area contributed by atoms with E-state index in [4.69, 9.17) is 9.73 Å². The van der Waals surface area contributed by atoms with E-state index in [0.29, 0.717) is 0 Å². The SMILES string of the molecule is CCNC(=NCCC1=CCCCC1)N(C)Cc1csc(C(C)OC)n1. The van der Waals surface area contributed by atoms with Gasteiger partial charge in [-0.25, -0.2) is 4.98 Å². The molecule has 6 heteroatoms. The predicted molar refractivity (Wildman–Crippen MR) is 106 cm³/mol. The summed E-state index contributed by atoms with van der Waals surface area (Å²) in [6.07, 6.45) is 8.71. The van der Waals surface area contributed by atoms with Gasteiger partial charge in [0, 0.05) is 32.6 Å². The van der Waals surface area contributed by atoms with Gasteiger partial charge in [0.1, 0.15) is 11.1 Å². The van der Waals surface area contributed by atoms with Gasteiger partial charge in [0.2, 0.25) is 0 Å². The van der Waals surface area contributed by atoms with E-state index in [2.05, 4.69) is 40.6 Å². The summed E-state index contributed by atoms with van der Waals surface area (Å²) in [5, 5.41) is 6.52. The fourth-order valence-corrected chi connectivity index (χ4v) is 3.75. The molecule has 0 saturated heterocycles. The molecule has 0 aliphatic heterocycles. The summed E-state index contributed by atoms with van der Waals surface area (Å²) in [7, 11) is 3.79. The van der Waals surface area contributed by atoms with Gasteiger partial charge >= 0.3 is 0 Å². The van der Waals surface area contributed by atoms with Crippen LogP contribution in [0.15, 0.2) is 22.0 Å². The second-order valence-electron chi connectivity index (χ2n) is 6.50. The van der Waals surface area contributed by atoms with E-state index >= 15 is 0 Å². The summed E-state index contributed by atoms with van der Waals surface area (Å²) < 4.78 is 5.34. The molecule has 0 saturated carbocycles. The molecular formula is C19H32N4OS. The first-order valence-electron chi connectivity index (χ1n) is 9.28. The molecule has 140 valence electrons. The van der Waals surface area contributed by atoms with Gasteiger partial charge in [0.05, 0.1) is 12.2 Å². The maximum absolute atomic E-state index is 5.34. The van der Waals surface area contributed by atoms with Crippen LogP contribution in [-0.4, -0.2) is 43.1 Å². The number of aromatic nitrogens is 1. The van der Waals surface area contributed by atoms with Crippen LogP contribution in [0.5, 0.6) is 0 Å². The van der Waals surface area contributed by atoms with E-state index in [1.807, 2.05) is 6.92 Å². The van der Waals surface area contributed by atoms with Crippen LogP contribution >= 0.6 is 11.3 Å². The van der Waals surface area contributed by atoms with E-state index < -0.39 is 0 Å². The normalized spacial score (nSPS) is 16.5. The number of nitrogens with one attached hydrogen (secondary N) is 1. The molecule has 25 heavy (non-hydrogen) atoms. The van der Waals surface area contributed by atoms with Crippen molar-refractivity contribution in [3.05, 3.63) is 27.7 Å². The van der Waals surface area contributed by atoms with Crippen LogP contribution in [0.3, 0.4) is 0 Å². The van der Waals surface area contributed by atoms with E-state index in [1.54, 1.807) is 24.0 Å². The maximum Gasteiger partial charge on any atom is 0.194 e. The Kier molecular flexibility index (Phi) is 8.41. The molecule has 1 atom stereocenters. The van der Waals surface area contributed by atoms with Crippen LogP contribution in [0, 0.1) is 0 Å². The fraction of sp³-hybridized carbons (Fsp3) is 0.684. The summed E-state index contributed by atoms with van der Waals surface area (Å²) in [5.41, 5.74) is 2.64. The maximum atomic E-state index is 5.34. The van der Waals surface area contributed by atoms with Gasteiger partial charge in [-0.1, -0.05) is 11.6 Å². The minimum absolute atomic E-state index is 0.0507. The molecule has 0 amide bonds. The minimum atomic E-state index is 0.0507. The number of ether oxygens (including phenoxy) is 1. The monoisotopic (exact) mass is 364 g/mol. The first-order valence-corrected chi connectivity index (χ1v) is 10.2. The second-order valence-corrected chi connectivity index (χ2v) is 7.39. The van der Waals surface area contributed by atoms with Crippen LogP contribution in [0.4, 0.5) is 0 Å². The smallest absolute Gasteiger partial charge is 0.194 e. The number of thiazole rings is 1. The van der Waals surface area contributed by atoms with Crippen LogP contribution in [0.2, 0.25) is 0 Å². The van der Waals surface area contributed by atoms with Crippen molar-refractivity contribution < 1.29 is 4.74 Å². The van der Waals surface area contributed by atoms with Crippen molar-refractivity contribution >= 4 is 17.3 Å². The number of rotatable bonds is 8. The van der Waals surface area contributed by atoms with Crippen LogP contribution in [-0.2, 0) is 11.3 Å². The van der Waals surface area contributed by atoms with Crippen LogP contribution in [0.1, 0.15) is 62.8 Å². The lowest BCUT2D eigenvalue weighted by Crippen LogP contribution is -2.38. The highest BCUT2D eigenvalue weighted by atomic mass is 32.1. The zero-order valence-electron chi connectivity index (χ0n) is 16.0. The van der Waals surface area contributed by atoms with Crippen molar-refractivity contribution in [3.63, 3.8) is 0 Å². The first-order chi connectivity index (χ1) is 12.1. The quantitative estimate of drug-likeness (QED) is 0.428. The average molecular weight is 365 g/mol. The Hall–Kier alpha value is -1.40. The van der Waals surface area contributed by atoms with E-state index in [0.717, 1.165) is 42.7 Å². The third-order valence-corrected chi connectivity index (χ3v) is 5.50. The summed E-state index contributed by atoms with van der Waals surface area (Å²) in [5.74, 6) is 0.952. The van der Waals surface area contributed by atoms with Gasteiger partial charge in [-0.3, -0.25) is 4.99 Å². The van der Waals surface area contributed by atoms with E-state index in [9.17, 15) is 0 Å². The molecular weight excluding hydrogens is 332 g/mol. The third-order valence-electron chi connectivity index (χ3n) is 4.45. The van der Waals surface area contributed by atoms with Gasteiger partial charge < -0.3 is 15.0 Å². The number of aliphatic imine (C=N–C) groups is 1.